The molecule has 52 valence electrons. The number of hydrogen-bond donors (Lipinski definition) is 1. The van der Waals surface area contributed by atoms with E-state index in [1.165, 1.54) is 5.57 Å². The molecule has 0 aliphatic heterocycles. The van der Waals surface area contributed by atoms with E-state index in [0.717, 1.165) is 13.0 Å². The summed E-state index contributed by atoms with van der Waals surface area (Å²) in [4.78, 5) is 0. The molecule has 0 amide bonds. The average Bonchev–Trinajstić information content (AvgIpc) is 2.03. The van der Waals surface area contributed by atoms with Gasteiger partial charge < -0.3 is 5.32 Å². The smallest absolute Gasteiger partial charge is 0.00111 e. The maximum atomic E-state index is 3.09. The Hall–Kier alpha value is -1.00. The molecule has 0 saturated carbocycles. The number of allylic oxidation sites excluding steroid dienone is 3. The van der Waals surface area contributed by atoms with Crippen molar-refractivity contribution in [1.82, 2.24) is 5.32 Å². The quantitative estimate of drug-likeness (QED) is 0.574. The highest BCUT2D eigenvalue weighted by molar-refractivity contribution is 5.26. The summed E-state index contributed by atoms with van der Waals surface area (Å²) in [5.74, 6) is 0. The highest BCUT2D eigenvalue weighted by Gasteiger charge is 1.90. The molecule has 0 fully saturated rings. The normalized spacial score (nSPS) is 13.9. The third-order valence-electron chi connectivity index (χ3n) is 1.39. The van der Waals surface area contributed by atoms with Crippen molar-refractivity contribution in [2.75, 3.05) is 13.6 Å². The minimum atomic E-state index is 1.03. The first-order valence-electron chi connectivity index (χ1n) is 3.45. The van der Waals surface area contributed by atoms with E-state index in [9.17, 15) is 0 Å². The van der Waals surface area contributed by atoms with Gasteiger partial charge in [0.05, 0.1) is 0 Å². The molecule has 1 aliphatic rings. The molecule has 0 spiro atoms. The van der Waals surface area contributed by atoms with Gasteiger partial charge in [-0.3, -0.25) is 0 Å². The lowest BCUT2D eigenvalue weighted by atomic mass is 10.1. The van der Waals surface area contributed by atoms with Gasteiger partial charge in [0.2, 0.25) is 0 Å². The van der Waals surface area contributed by atoms with Gasteiger partial charge in [0.15, 0.2) is 0 Å². The Morgan fingerprint density at radius 2 is 2.40 bits per heavy atom. The molecular formula is C9H11N. The molecule has 0 heterocycles. The summed E-state index contributed by atoms with van der Waals surface area (Å²) in [6.45, 7) is 1.03. The van der Waals surface area contributed by atoms with E-state index in [1.807, 2.05) is 19.2 Å². The first-order chi connectivity index (χ1) is 4.93. The Bertz CT molecular complexity index is 223. The van der Waals surface area contributed by atoms with E-state index >= 15 is 0 Å². The van der Waals surface area contributed by atoms with E-state index in [2.05, 4.69) is 22.9 Å². The first-order valence-corrected chi connectivity index (χ1v) is 3.45. The van der Waals surface area contributed by atoms with E-state index in [4.69, 9.17) is 0 Å². The maximum Gasteiger partial charge on any atom is -0.00111 e. The van der Waals surface area contributed by atoms with Crippen LogP contribution in [0, 0.1) is 0 Å². The zero-order chi connectivity index (χ0) is 7.23. The Kier molecular flexibility index (Phi) is 2.79. The molecule has 0 bridgehead atoms. The van der Waals surface area contributed by atoms with Crippen molar-refractivity contribution in [1.29, 1.82) is 0 Å². The number of hydrogen-bond acceptors (Lipinski definition) is 1. The molecule has 1 rings (SSSR count). The first kappa shape index (κ1) is 7.11. The van der Waals surface area contributed by atoms with Crippen molar-refractivity contribution in [3.05, 3.63) is 35.3 Å². The molecule has 1 heteroatoms. The van der Waals surface area contributed by atoms with Crippen LogP contribution >= 0.6 is 0 Å². The van der Waals surface area contributed by atoms with Gasteiger partial charge in [-0.15, -0.1) is 0 Å². The Morgan fingerprint density at radius 3 is 3.00 bits per heavy atom. The minimum absolute atomic E-state index is 1.03. The SMILES string of the molecule is CNCCC1=CC=C=C=C1. The topological polar surface area (TPSA) is 12.0 Å². The van der Waals surface area contributed by atoms with Gasteiger partial charge in [-0.05, 0) is 43.8 Å². The van der Waals surface area contributed by atoms with Gasteiger partial charge in [0, 0.05) is 0 Å². The van der Waals surface area contributed by atoms with E-state index < -0.39 is 0 Å². The number of nitrogens with one attached hydrogen (secondary N) is 1. The Morgan fingerprint density at radius 1 is 1.50 bits per heavy atom. The monoisotopic (exact) mass is 133 g/mol. The second-order valence-corrected chi connectivity index (χ2v) is 2.19. The highest BCUT2D eigenvalue weighted by Crippen LogP contribution is 2.03. The van der Waals surface area contributed by atoms with Gasteiger partial charge in [-0.25, -0.2) is 0 Å². The van der Waals surface area contributed by atoms with Crippen molar-refractivity contribution in [2.24, 2.45) is 0 Å². The summed E-state index contributed by atoms with van der Waals surface area (Å²) < 4.78 is 0. The van der Waals surface area contributed by atoms with Gasteiger partial charge >= 0.3 is 0 Å². The van der Waals surface area contributed by atoms with Crippen molar-refractivity contribution in [3.63, 3.8) is 0 Å². The predicted molar refractivity (Wildman–Crippen MR) is 42.8 cm³/mol. The summed E-state index contributed by atoms with van der Waals surface area (Å²) in [6.07, 6.45) is 7.00. The number of rotatable bonds is 3. The average molecular weight is 133 g/mol. The Balaban J connectivity index is 2.39. The summed E-state index contributed by atoms with van der Waals surface area (Å²) in [5.41, 5.74) is 7.09. The molecule has 0 saturated heterocycles. The predicted octanol–water partition coefficient (Wildman–Crippen LogP) is 1.40. The fraction of sp³-hybridized carbons (Fsp3) is 0.333. The van der Waals surface area contributed by atoms with Crippen LogP contribution in [0.3, 0.4) is 0 Å². The van der Waals surface area contributed by atoms with E-state index in [-0.39, 0.29) is 0 Å². The molecular weight excluding hydrogens is 122 g/mol. The van der Waals surface area contributed by atoms with Crippen LogP contribution < -0.4 is 5.32 Å². The maximum absolute atomic E-state index is 3.09. The molecule has 0 aromatic heterocycles. The lowest BCUT2D eigenvalue weighted by molar-refractivity contribution is 0.794. The van der Waals surface area contributed by atoms with Crippen LogP contribution in [0.15, 0.2) is 35.3 Å². The lowest BCUT2D eigenvalue weighted by Gasteiger charge is -1.98. The van der Waals surface area contributed by atoms with Crippen LogP contribution in [0.2, 0.25) is 0 Å². The van der Waals surface area contributed by atoms with Gasteiger partial charge in [0.25, 0.3) is 0 Å². The van der Waals surface area contributed by atoms with Crippen molar-refractivity contribution < 1.29 is 0 Å². The van der Waals surface area contributed by atoms with Crippen molar-refractivity contribution in [3.8, 4) is 0 Å². The van der Waals surface area contributed by atoms with Crippen LogP contribution in [-0.4, -0.2) is 13.6 Å². The molecule has 0 aromatic rings. The molecule has 0 aromatic carbocycles. The molecule has 0 radical (unpaired) electrons. The zero-order valence-electron chi connectivity index (χ0n) is 6.15. The van der Waals surface area contributed by atoms with Crippen LogP contribution in [0.5, 0.6) is 0 Å². The van der Waals surface area contributed by atoms with Crippen molar-refractivity contribution >= 4 is 0 Å². The molecule has 1 nitrogen and oxygen atoms in total. The molecule has 0 atom stereocenters. The molecule has 1 N–H and O–H groups in total. The fourth-order valence-electron chi connectivity index (χ4n) is 0.804. The fourth-order valence-corrected chi connectivity index (χ4v) is 0.804. The second kappa shape index (κ2) is 3.92. The standard InChI is InChI=1S/C9H11N/c1-10-8-7-9-5-3-2-4-6-9/h3,5-6,10H,7-8H2,1H3. The third-order valence-corrected chi connectivity index (χ3v) is 1.39. The van der Waals surface area contributed by atoms with Crippen LogP contribution in [0.4, 0.5) is 0 Å². The zero-order valence-corrected chi connectivity index (χ0v) is 6.15. The van der Waals surface area contributed by atoms with Gasteiger partial charge in [-0.1, -0.05) is 11.5 Å². The molecule has 10 heavy (non-hydrogen) atoms. The van der Waals surface area contributed by atoms with Crippen molar-refractivity contribution in [2.45, 2.75) is 6.42 Å². The summed E-state index contributed by atoms with van der Waals surface area (Å²) in [7, 11) is 1.96. The molecule has 1 aliphatic carbocycles. The lowest BCUT2D eigenvalue weighted by Crippen LogP contribution is -2.07. The largest absolute Gasteiger partial charge is 0.319 e. The molecule has 0 unspecified atom stereocenters. The summed E-state index contributed by atoms with van der Waals surface area (Å²) in [6, 6.07) is 0. The van der Waals surface area contributed by atoms with Gasteiger partial charge in [-0.2, -0.15) is 0 Å². The van der Waals surface area contributed by atoms with E-state index in [1.54, 1.807) is 0 Å². The van der Waals surface area contributed by atoms with E-state index in [0.29, 0.717) is 0 Å². The third kappa shape index (κ3) is 2.08. The van der Waals surface area contributed by atoms with Crippen LogP contribution in [0.1, 0.15) is 6.42 Å². The van der Waals surface area contributed by atoms with Gasteiger partial charge in [0.1, 0.15) is 0 Å². The summed E-state index contributed by atoms with van der Waals surface area (Å²) >= 11 is 0. The Labute approximate surface area is 61.4 Å². The second-order valence-electron chi connectivity index (χ2n) is 2.19. The van der Waals surface area contributed by atoms with Crippen LogP contribution in [0.25, 0.3) is 0 Å². The summed E-state index contributed by atoms with van der Waals surface area (Å²) in [5, 5.41) is 3.09. The minimum Gasteiger partial charge on any atom is -0.319 e. The highest BCUT2D eigenvalue weighted by atomic mass is 14.8. The van der Waals surface area contributed by atoms with Crippen LogP contribution in [-0.2, 0) is 0 Å².